The quantitative estimate of drug-likeness (QED) is 0.176. The van der Waals surface area contributed by atoms with E-state index in [1.807, 2.05) is 9.80 Å². The molecule has 0 aromatic heterocycles. The van der Waals surface area contributed by atoms with Gasteiger partial charge in [0.25, 0.3) is 0 Å². The highest BCUT2D eigenvalue weighted by molar-refractivity contribution is 5.90. The maximum Gasteiger partial charge on any atom is 0.416 e. The molecule has 0 aliphatic carbocycles. The van der Waals surface area contributed by atoms with Crippen molar-refractivity contribution in [2.24, 2.45) is 0 Å². The van der Waals surface area contributed by atoms with E-state index in [1.54, 1.807) is 12.1 Å². The predicted octanol–water partition coefficient (Wildman–Crippen LogP) is 3.45. The number of aliphatic hydroxyl groups is 1. The molecule has 2 saturated heterocycles. The lowest BCUT2D eigenvalue weighted by atomic mass is 10.1. The monoisotopic (exact) mass is 748 g/mol. The van der Waals surface area contributed by atoms with E-state index in [2.05, 4.69) is 9.80 Å². The summed E-state index contributed by atoms with van der Waals surface area (Å²) in [6.45, 7) is 5.76. The fraction of sp³-hybridized carbons (Fsp3) is 0.394. The van der Waals surface area contributed by atoms with Crippen molar-refractivity contribution >= 4 is 35.3 Å². The summed E-state index contributed by atoms with van der Waals surface area (Å²) < 4.78 is 78.0. The Bertz CT molecular complexity index is 1410. The number of anilines is 2. The van der Waals surface area contributed by atoms with Crippen molar-refractivity contribution in [1.82, 2.24) is 9.80 Å². The Morgan fingerprint density at radius 3 is 1.10 bits per heavy atom. The summed E-state index contributed by atoms with van der Waals surface area (Å²) in [5.74, 6) is -5.03. The number of carboxylic acid groups (broad SMARTS) is 4. The lowest BCUT2D eigenvalue weighted by molar-refractivity contribution is -0.138. The van der Waals surface area contributed by atoms with Crippen LogP contribution in [0.5, 0.6) is 0 Å². The normalized spacial score (nSPS) is 15.9. The Morgan fingerprint density at radius 1 is 0.558 bits per heavy atom. The molecule has 0 spiro atoms. The number of halogens is 6. The van der Waals surface area contributed by atoms with Crippen LogP contribution in [0.4, 0.5) is 37.7 Å². The van der Waals surface area contributed by atoms with Crippen molar-refractivity contribution in [3.63, 3.8) is 0 Å². The van der Waals surface area contributed by atoms with Crippen LogP contribution in [-0.4, -0.2) is 131 Å². The van der Waals surface area contributed by atoms with Crippen molar-refractivity contribution in [2.45, 2.75) is 18.5 Å². The molecule has 19 heteroatoms. The number of carboxylic acids is 4. The molecule has 286 valence electrons. The summed E-state index contributed by atoms with van der Waals surface area (Å²) >= 11 is 0. The van der Waals surface area contributed by atoms with Gasteiger partial charge in [0.1, 0.15) is 0 Å². The van der Waals surface area contributed by atoms with Gasteiger partial charge in [0, 0.05) is 101 Å². The zero-order valence-electron chi connectivity index (χ0n) is 27.5. The van der Waals surface area contributed by atoms with E-state index in [1.165, 1.54) is 24.3 Å². The Morgan fingerprint density at radius 2 is 0.846 bits per heavy atom. The molecule has 0 unspecified atom stereocenters. The number of aliphatic carboxylic acids is 4. The van der Waals surface area contributed by atoms with Gasteiger partial charge in [0.2, 0.25) is 0 Å². The lowest BCUT2D eigenvalue weighted by Crippen LogP contribution is -2.52. The Hall–Kier alpha value is -5.14. The molecule has 0 atom stereocenters. The molecule has 2 fully saturated rings. The average molecular weight is 749 g/mol. The molecule has 4 rings (SSSR count). The van der Waals surface area contributed by atoms with Crippen LogP contribution >= 0.6 is 0 Å². The van der Waals surface area contributed by atoms with E-state index in [4.69, 9.17) is 20.4 Å². The Labute approximate surface area is 293 Å². The minimum absolute atomic E-state index is 0.463. The third kappa shape index (κ3) is 16.3. The van der Waals surface area contributed by atoms with Crippen LogP contribution in [0.25, 0.3) is 0 Å². The van der Waals surface area contributed by atoms with Crippen molar-refractivity contribution in [3.05, 3.63) is 84.0 Å². The zero-order chi connectivity index (χ0) is 39.1. The molecule has 52 heavy (non-hydrogen) atoms. The van der Waals surface area contributed by atoms with E-state index in [9.17, 15) is 50.6 Å². The van der Waals surface area contributed by atoms with Gasteiger partial charge in [-0.15, -0.1) is 0 Å². The summed E-state index contributed by atoms with van der Waals surface area (Å²) in [5, 5.41) is 41.9. The van der Waals surface area contributed by atoms with Gasteiger partial charge in [-0.25, -0.2) is 19.2 Å². The SMILES string of the molecule is O=C(O)/C=C/C(=O)O.O=C(O)/C=C/C(=O)O.OC(CN1CCN(c2cccc(C(F)(F)F)c2)CC1)CN1CCN(c2cccc(C(F)(F)F)c2)CC1. The van der Waals surface area contributed by atoms with Gasteiger partial charge < -0.3 is 35.3 Å². The second-order valence-electron chi connectivity index (χ2n) is 11.3. The van der Waals surface area contributed by atoms with Crippen LogP contribution in [0.2, 0.25) is 0 Å². The highest BCUT2D eigenvalue weighted by atomic mass is 19.4. The fourth-order valence-electron chi connectivity index (χ4n) is 5.07. The number of rotatable bonds is 10. The van der Waals surface area contributed by atoms with Crippen molar-refractivity contribution < 1.29 is 71.1 Å². The van der Waals surface area contributed by atoms with Crippen LogP contribution in [0.1, 0.15) is 11.1 Å². The smallest absolute Gasteiger partial charge is 0.416 e. The van der Waals surface area contributed by atoms with E-state index in [0.29, 0.717) is 101 Å². The number of nitrogens with zero attached hydrogens (tertiary/aromatic N) is 4. The van der Waals surface area contributed by atoms with E-state index in [0.717, 1.165) is 12.1 Å². The molecule has 0 amide bonds. The summed E-state index contributed by atoms with van der Waals surface area (Å²) in [6, 6.07) is 10.7. The number of aliphatic hydroxyl groups excluding tert-OH is 1. The lowest BCUT2D eigenvalue weighted by Gasteiger charge is -2.39. The summed E-state index contributed by atoms with van der Waals surface area (Å²) in [7, 11) is 0. The predicted molar refractivity (Wildman–Crippen MR) is 175 cm³/mol. The van der Waals surface area contributed by atoms with Gasteiger partial charge in [0.15, 0.2) is 0 Å². The van der Waals surface area contributed by atoms with Crippen molar-refractivity contribution in [3.8, 4) is 0 Å². The standard InChI is InChI=1S/C25H30F6N4O.2C4H4O4/c26-24(27,28)19-3-1-5-21(15-19)34-11-7-32(8-12-34)17-23(36)18-33-9-13-35(14-10-33)22-6-2-4-20(16-22)25(29,30)31;2*5-3(6)1-2-4(7)8/h1-6,15-16,23,36H,7-14,17-18H2;2*1-2H,(H,5,6)(H,7,8)/b;2*2-1+. The molecule has 2 aliphatic rings. The number of alkyl halides is 6. The molecule has 5 N–H and O–H groups in total. The van der Waals surface area contributed by atoms with Crippen LogP contribution in [-0.2, 0) is 31.5 Å². The minimum Gasteiger partial charge on any atom is -0.478 e. The number of hydrogen-bond acceptors (Lipinski definition) is 9. The molecule has 0 bridgehead atoms. The molecule has 2 aliphatic heterocycles. The molecular weight excluding hydrogens is 710 g/mol. The van der Waals surface area contributed by atoms with Gasteiger partial charge in [-0.1, -0.05) is 12.1 Å². The highest BCUT2D eigenvalue weighted by Gasteiger charge is 2.32. The molecular formula is C33H38F6N4O9. The van der Waals surface area contributed by atoms with Crippen LogP contribution in [0.15, 0.2) is 72.8 Å². The molecule has 2 heterocycles. The first-order chi connectivity index (χ1) is 24.2. The van der Waals surface area contributed by atoms with Crippen LogP contribution < -0.4 is 9.80 Å². The number of hydrogen-bond donors (Lipinski definition) is 5. The van der Waals surface area contributed by atoms with Gasteiger partial charge >= 0.3 is 36.2 Å². The second-order valence-corrected chi connectivity index (χ2v) is 11.3. The Balaban J connectivity index is 0.000000487. The number of piperazine rings is 2. The average Bonchev–Trinajstić information content (AvgIpc) is 3.07. The molecule has 2 aromatic carbocycles. The van der Waals surface area contributed by atoms with E-state index < -0.39 is 53.5 Å². The molecule has 2 aromatic rings. The summed E-state index contributed by atoms with van der Waals surface area (Å²) in [4.78, 5) is 46.3. The molecule has 13 nitrogen and oxygen atoms in total. The van der Waals surface area contributed by atoms with Crippen molar-refractivity contribution in [1.29, 1.82) is 0 Å². The van der Waals surface area contributed by atoms with E-state index >= 15 is 0 Å². The minimum atomic E-state index is -4.37. The number of β-amino-alcohol motifs (C(OH)–C–C–N with tert-alkyl or cyclic N) is 1. The first-order valence-corrected chi connectivity index (χ1v) is 15.5. The van der Waals surface area contributed by atoms with Gasteiger partial charge in [-0.2, -0.15) is 26.3 Å². The van der Waals surface area contributed by atoms with Gasteiger partial charge in [-0.05, 0) is 36.4 Å². The first-order valence-electron chi connectivity index (χ1n) is 15.5. The van der Waals surface area contributed by atoms with Gasteiger partial charge in [0.05, 0.1) is 17.2 Å². The third-order valence-corrected chi connectivity index (χ3v) is 7.50. The van der Waals surface area contributed by atoms with E-state index in [-0.39, 0.29) is 0 Å². The second kappa shape index (κ2) is 20.0. The maximum absolute atomic E-state index is 13.0. The third-order valence-electron chi connectivity index (χ3n) is 7.50. The number of carbonyl (C=O) groups is 4. The summed E-state index contributed by atoms with van der Waals surface area (Å²) in [5.41, 5.74) is -0.232. The highest BCUT2D eigenvalue weighted by Crippen LogP contribution is 2.33. The fourth-order valence-corrected chi connectivity index (χ4v) is 5.07. The molecule has 0 radical (unpaired) electrons. The maximum atomic E-state index is 13.0. The van der Waals surface area contributed by atoms with Gasteiger partial charge in [-0.3, -0.25) is 9.80 Å². The summed E-state index contributed by atoms with van der Waals surface area (Å²) in [6.07, 6.45) is -7.11. The number of benzene rings is 2. The molecule has 0 saturated carbocycles. The first kappa shape index (κ1) is 43.0. The Kier molecular flexibility index (Phi) is 16.6. The largest absolute Gasteiger partial charge is 0.478 e. The van der Waals surface area contributed by atoms with Crippen LogP contribution in [0, 0.1) is 0 Å². The van der Waals surface area contributed by atoms with Crippen LogP contribution in [0.3, 0.4) is 0 Å². The topological polar surface area (TPSA) is 182 Å². The zero-order valence-corrected chi connectivity index (χ0v) is 27.5. The van der Waals surface area contributed by atoms with Crippen molar-refractivity contribution in [2.75, 3.05) is 75.2 Å².